The largest absolute Gasteiger partial charge is 0.299 e. The molecule has 1 heteroatoms. The monoisotopic (exact) mass is 176 g/mol. The molecule has 0 aromatic carbocycles. The third kappa shape index (κ3) is 0.853. The number of fused-ring (bicyclic) bond motifs is 5. The Labute approximate surface area is 79.2 Å². The Morgan fingerprint density at radius 1 is 1.31 bits per heavy atom. The van der Waals surface area contributed by atoms with Crippen molar-refractivity contribution in [1.82, 2.24) is 0 Å². The van der Waals surface area contributed by atoms with Crippen molar-refractivity contribution >= 4 is 5.78 Å². The Kier molecular flexibility index (Phi) is 1.47. The van der Waals surface area contributed by atoms with E-state index in [0.717, 1.165) is 18.3 Å². The van der Waals surface area contributed by atoms with Gasteiger partial charge in [0.05, 0.1) is 0 Å². The third-order valence-corrected chi connectivity index (χ3v) is 4.43. The molecule has 0 radical (unpaired) electrons. The maximum Gasteiger partial charge on any atom is 0.143 e. The zero-order chi connectivity index (χ0) is 9.00. The van der Waals surface area contributed by atoms with Gasteiger partial charge in [-0.15, -0.1) is 0 Å². The fourth-order valence-corrected chi connectivity index (χ4v) is 3.88. The third-order valence-electron chi connectivity index (χ3n) is 4.43. The summed E-state index contributed by atoms with van der Waals surface area (Å²) >= 11 is 0. The zero-order valence-electron chi connectivity index (χ0n) is 8.12. The molecule has 70 valence electrons. The van der Waals surface area contributed by atoms with Crippen LogP contribution in [-0.4, -0.2) is 5.78 Å². The summed E-state index contributed by atoms with van der Waals surface area (Å²) in [5.41, 5.74) is 1.37. The van der Waals surface area contributed by atoms with Crippen LogP contribution >= 0.6 is 0 Å². The molecule has 2 fully saturated rings. The van der Waals surface area contributed by atoms with Gasteiger partial charge in [0.25, 0.3) is 0 Å². The van der Waals surface area contributed by atoms with E-state index in [1.165, 1.54) is 24.8 Å². The molecular weight excluding hydrogens is 160 g/mol. The number of hydrogen-bond acceptors (Lipinski definition) is 1. The van der Waals surface area contributed by atoms with E-state index in [2.05, 4.69) is 13.0 Å². The Bertz CT molecular complexity index is 289. The molecule has 3 aliphatic carbocycles. The molecule has 0 aromatic rings. The van der Waals surface area contributed by atoms with E-state index in [-0.39, 0.29) is 0 Å². The second-order valence-corrected chi connectivity index (χ2v) is 4.93. The van der Waals surface area contributed by atoms with Crippen molar-refractivity contribution < 1.29 is 4.79 Å². The van der Waals surface area contributed by atoms with E-state index < -0.39 is 0 Å². The second-order valence-electron chi connectivity index (χ2n) is 4.93. The summed E-state index contributed by atoms with van der Waals surface area (Å²) in [5, 5.41) is 0. The minimum absolute atomic E-state index is 0.339. The van der Waals surface area contributed by atoms with Crippen LogP contribution in [0.4, 0.5) is 0 Å². The average molecular weight is 176 g/mol. The lowest BCUT2D eigenvalue weighted by Gasteiger charge is -2.19. The van der Waals surface area contributed by atoms with Crippen molar-refractivity contribution in [2.45, 2.75) is 32.6 Å². The number of hydrogen-bond donors (Lipinski definition) is 0. The smallest absolute Gasteiger partial charge is 0.143 e. The fourth-order valence-electron chi connectivity index (χ4n) is 3.88. The van der Waals surface area contributed by atoms with Gasteiger partial charge in [-0.05, 0) is 38.0 Å². The number of allylic oxidation sites excluding steroid dienone is 2. The van der Waals surface area contributed by atoms with Gasteiger partial charge >= 0.3 is 0 Å². The van der Waals surface area contributed by atoms with Crippen LogP contribution in [0, 0.1) is 23.7 Å². The summed E-state index contributed by atoms with van der Waals surface area (Å²) in [6, 6.07) is 0. The summed E-state index contributed by atoms with van der Waals surface area (Å²) in [5.74, 6) is 2.82. The van der Waals surface area contributed by atoms with Gasteiger partial charge in [-0.3, -0.25) is 4.79 Å². The van der Waals surface area contributed by atoms with Crippen molar-refractivity contribution in [3.05, 3.63) is 11.6 Å². The second kappa shape index (κ2) is 2.46. The maximum atomic E-state index is 12.0. The predicted molar refractivity (Wildman–Crippen MR) is 51.2 cm³/mol. The van der Waals surface area contributed by atoms with Crippen molar-refractivity contribution in [2.24, 2.45) is 23.7 Å². The summed E-state index contributed by atoms with van der Waals surface area (Å²) in [7, 11) is 0. The molecular formula is C12H16O. The minimum atomic E-state index is 0.339. The molecule has 3 aliphatic rings. The van der Waals surface area contributed by atoms with Crippen LogP contribution in [0.25, 0.3) is 0 Å². The van der Waals surface area contributed by atoms with E-state index >= 15 is 0 Å². The zero-order valence-corrected chi connectivity index (χ0v) is 8.12. The van der Waals surface area contributed by atoms with Gasteiger partial charge in [-0.1, -0.05) is 18.1 Å². The molecule has 2 saturated carbocycles. The lowest BCUT2D eigenvalue weighted by Crippen LogP contribution is -2.22. The predicted octanol–water partition coefficient (Wildman–Crippen LogP) is 2.57. The Hall–Kier alpha value is -0.590. The average Bonchev–Trinajstić information content (AvgIpc) is 2.58. The van der Waals surface area contributed by atoms with E-state index in [1.807, 2.05) is 0 Å². The highest BCUT2D eigenvalue weighted by Gasteiger charge is 2.52. The lowest BCUT2D eigenvalue weighted by molar-refractivity contribution is -0.124. The number of rotatable bonds is 0. The first-order valence-corrected chi connectivity index (χ1v) is 5.49. The van der Waals surface area contributed by atoms with E-state index in [0.29, 0.717) is 17.6 Å². The van der Waals surface area contributed by atoms with E-state index in [1.54, 1.807) is 0 Å². The van der Waals surface area contributed by atoms with Gasteiger partial charge in [-0.2, -0.15) is 0 Å². The fraction of sp³-hybridized carbons (Fsp3) is 0.750. The topological polar surface area (TPSA) is 17.1 Å². The van der Waals surface area contributed by atoms with Gasteiger partial charge in [0, 0.05) is 11.8 Å². The SMILES string of the molecule is CC1=CCC2C(=O)C1C1CCCC21. The minimum Gasteiger partial charge on any atom is -0.299 e. The van der Waals surface area contributed by atoms with Crippen molar-refractivity contribution in [1.29, 1.82) is 0 Å². The highest BCUT2D eigenvalue weighted by atomic mass is 16.1. The van der Waals surface area contributed by atoms with Crippen LogP contribution in [0.15, 0.2) is 11.6 Å². The molecule has 0 N–H and O–H groups in total. The van der Waals surface area contributed by atoms with Crippen molar-refractivity contribution in [3.8, 4) is 0 Å². The summed E-state index contributed by atoms with van der Waals surface area (Å²) in [6.45, 7) is 2.15. The van der Waals surface area contributed by atoms with E-state index in [9.17, 15) is 4.79 Å². The molecule has 0 heterocycles. The lowest BCUT2D eigenvalue weighted by atomic mass is 9.84. The Balaban J connectivity index is 2.04. The van der Waals surface area contributed by atoms with Crippen LogP contribution in [0.5, 0.6) is 0 Å². The van der Waals surface area contributed by atoms with Gasteiger partial charge in [0.1, 0.15) is 5.78 Å². The number of ketones is 1. The van der Waals surface area contributed by atoms with Crippen LogP contribution in [0.1, 0.15) is 32.6 Å². The normalized spacial score (nSPS) is 47.8. The molecule has 0 spiro atoms. The van der Waals surface area contributed by atoms with E-state index in [4.69, 9.17) is 0 Å². The first-order valence-electron chi connectivity index (χ1n) is 5.49. The number of Topliss-reactive ketones (excluding diaryl/α,β-unsaturated/α-hetero) is 1. The molecule has 0 aromatic heterocycles. The first kappa shape index (κ1) is 7.78. The van der Waals surface area contributed by atoms with Crippen LogP contribution in [0.2, 0.25) is 0 Å². The molecule has 3 rings (SSSR count). The molecule has 0 saturated heterocycles. The molecule has 1 nitrogen and oxygen atoms in total. The van der Waals surface area contributed by atoms with Gasteiger partial charge in [0.15, 0.2) is 0 Å². The quantitative estimate of drug-likeness (QED) is 0.518. The molecule has 2 bridgehead atoms. The summed E-state index contributed by atoms with van der Waals surface area (Å²) in [6.07, 6.45) is 7.35. The van der Waals surface area contributed by atoms with Crippen LogP contribution in [0.3, 0.4) is 0 Å². The number of carbonyl (C=O) groups is 1. The molecule has 4 atom stereocenters. The van der Waals surface area contributed by atoms with Gasteiger partial charge in [0.2, 0.25) is 0 Å². The highest BCUT2D eigenvalue weighted by molar-refractivity contribution is 5.90. The molecule has 0 amide bonds. The number of carbonyl (C=O) groups excluding carboxylic acids is 1. The van der Waals surface area contributed by atoms with Gasteiger partial charge in [-0.25, -0.2) is 0 Å². The van der Waals surface area contributed by atoms with Crippen LogP contribution in [-0.2, 0) is 4.79 Å². The first-order chi connectivity index (χ1) is 6.29. The summed E-state index contributed by atoms with van der Waals surface area (Å²) in [4.78, 5) is 12.0. The van der Waals surface area contributed by atoms with Gasteiger partial charge < -0.3 is 0 Å². The maximum absolute atomic E-state index is 12.0. The molecule has 4 unspecified atom stereocenters. The standard InChI is InChI=1S/C12H16O/c1-7-5-6-10-8-3-2-4-9(8)11(7)12(10)13/h5,8-11H,2-4,6H2,1H3. The summed E-state index contributed by atoms with van der Waals surface area (Å²) < 4.78 is 0. The van der Waals surface area contributed by atoms with Crippen LogP contribution < -0.4 is 0 Å². The Morgan fingerprint density at radius 2 is 2.08 bits per heavy atom. The van der Waals surface area contributed by atoms with Crippen molar-refractivity contribution in [3.63, 3.8) is 0 Å². The highest BCUT2D eigenvalue weighted by Crippen LogP contribution is 2.54. The Morgan fingerprint density at radius 3 is 2.92 bits per heavy atom. The molecule has 0 aliphatic heterocycles. The molecule has 13 heavy (non-hydrogen) atoms. The van der Waals surface area contributed by atoms with Crippen molar-refractivity contribution in [2.75, 3.05) is 0 Å².